The fourth-order valence-corrected chi connectivity index (χ4v) is 2.99. The van der Waals surface area contributed by atoms with Gasteiger partial charge in [-0.25, -0.2) is 8.78 Å². The van der Waals surface area contributed by atoms with Crippen molar-refractivity contribution in [1.29, 1.82) is 5.26 Å². The number of anilines is 1. The third-order valence-corrected chi connectivity index (χ3v) is 4.30. The Balaban J connectivity index is 1.73. The van der Waals surface area contributed by atoms with E-state index in [1.807, 2.05) is 6.19 Å². The molecule has 2 aliphatic rings. The number of morpholine rings is 1. The van der Waals surface area contributed by atoms with Gasteiger partial charge < -0.3 is 19.9 Å². The van der Waals surface area contributed by atoms with Crippen molar-refractivity contribution in [3.05, 3.63) is 29.3 Å². The lowest BCUT2D eigenvalue weighted by atomic mass is 10.1. The van der Waals surface area contributed by atoms with Crippen LogP contribution in [0.4, 0.5) is 14.5 Å². The highest BCUT2D eigenvalue weighted by Crippen LogP contribution is 2.24. The van der Waals surface area contributed by atoms with Crippen LogP contribution in [-0.4, -0.2) is 56.2 Å². The Kier molecular flexibility index (Phi) is 4.81. The maximum atomic E-state index is 14.3. The molecule has 24 heavy (non-hydrogen) atoms. The fourth-order valence-electron chi connectivity index (χ4n) is 2.99. The molecule has 128 valence electrons. The molecule has 0 saturated carbocycles. The van der Waals surface area contributed by atoms with Crippen molar-refractivity contribution in [3.63, 3.8) is 0 Å². The molecule has 3 rings (SSSR count). The quantitative estimate of drug-likeness (QED) is 0.837. The number of ether oxygens (including phenoxy) is 1. The summed E-state index contributed by atoms with van der Waals surface area (Å²) in [7, 11) is 0. The smallest absolute Gasteiger partial charge is 0.254 e. The first kappa shape index (κ1) is 16.5. The van der Waals surface area contributed by atoms with Gasteiger partial charge in [-0.1, -0.05) is 0 Å². The van der Waals surface area contributed by atoms with Crippen LogP contribution in [0.5, 0.6) is 0 Å². The number of likely N-dealkylation sites (tertiary alicyclic amines) is 1. The van der Waals surface area contributed by atoms with E-state index >= 15 is 0 Å². The molecule has 2 saturated heterocycles. The molecule has 1 unspecified atom stereocenters. The highest BCUT2D eigenvalue weighted by atomic mass is 19.1. The van der Waals surface area contributed by atoms with Crippen LogP contribution in [0, 0.1) is 23.1 Å². The third-order valence-electron chi connectivity index (χ3n) is 4.30. The van der Waals surface area contributed by atoms with Crippen molar-refractivity contribution in [2.75, 3.05) is 44.3 Å². The maximum absolute atomic E-state index is 14.3. The van der Waals surface area contributed by atoms with E-state index in [9.17, 15) is 13.6 Å². The van der Waals surface area contributed by atoms with E-state index < -0.39 is 17.5 Å². The summed E-state index contributed by atoms with van der Waals surface area (Å²) >= 11 is 0. The number of hydrogen-bond donors (Lipinski definition) is 1. The molecule has 2 aliphatic heterocycles. The Morgan fingerprint density at radius 1 is 1.25 bits per heavy atom. The molecule has 1 aromatic carbocycles. The molecule has 2 heterocycles. The number of carbonyl (C=O) groups excluding carboxylic acids is 1. The molecule has 1 aromatic rings. The van der Waals surface area contributed by atoms with Crippen LogP contribution in [0.2, 0.25) is 0 Å². The van der Waals surface area contributed by atoms with E-state index in [1.165, 1.54) is 4.90 Å². The Bertz CT molecular complexity index is 671. The Labute approximate surface area is 138 Å². The number of benzene rings is 1. The summed E-state index contributed by atoms with van der Waals surface area (Å²) in [4.78, 5) is 15.4. The molecular weight excluding hydrogens is 318 g/mol. The molecule has 0 radical (unpaired) electrons. The molecule has 1 N–H and O–H groups in total. The highest BCUT2D eigenvalue weighted by Gasteiger charge is 2.26. The van der Waals surface area contributed by atoms with Crippen LogP contribution in [-0.2, 0) is 4.74 Å². The van der Waals surface area contributed by atoms with Gasteiger partial charge in [-0.05, 0) is 12.5 Å². The SMILES string of the molecule is N#CN1CCC(NC(=O)c2cc(F)c(N3CCOCC3)cc2F)C1. The van der Waals surface area contributed by atoms with Gasteiger partial charge in [0.25, 0.3) is 5.91 Å². The van der Waals surface area contributed by atoms with Crippen molar-refractivity contribution in [2.24, 2.45) is 0 Å². The summed E-state index contributed by atoms with van der Waals surface area (Å²) in [6.45, 7) is 2.81. The molecule has 1 atom stereocenters. The number of nitrogens with one attached hydrogen (secondary N) is 1. The lowest BCUT2D eigenvalue weighted by Crippen LogP contribution is -2.38. The third kappa shape index (κ3) is 3.41. The summed E-state index contributed by atoms with van der Waals surface area (Å²) in [5, 5.41) is 11.5. The van der Waals surface area contributed by atoms with Crippen molar-refractivity contribution in [1.82, 2.24) is 10.2 Å². The molecule has 0 spiro atoms. The molecule has 2 fully saturated rings. The van der Waals surface area contributed by atoms with Crippen LogP contribution in [0.25, 0.3) is 0 Å². The first-order valence-electron chi connectivity index (χ1n) is 7.86. The Morgan fingerprint density at radius 2 is 2.00 bits per heavy atom. The summed E-state index contributed by atoms with van der Waals surface area (Å²) in [6, 6.07) is 1.76. The van der Waals surface area contributed by atoms with Gasteiger partial charge in [0, 0.05) is 38.3 Å². The first-order valence-corrected chi connectivity index (χ1v) is 7.86. The predicted octanol–water partition coefficient (Wildman–Crippen LogP) is 1.09. The van der Waals surface area contributed by atoms with Gasteiger partial charge in [-0.3, -0.25) is 4.79 Å². The number of carbonyl (C=O) groups is 1. The van der Waals surface area contributed by atoms with Crippen molar-refractivity contribution in [3.8, 4) is 6.19 Å². The van der Waals surface area contributed by atoms with Gasteiger partial charge in [-0.15, -0.1) is 0 Å². The second kappa shape index (κ2) is 7.01. The van der Waals surface area contributed by atoms with Crippen LogP contribution in [0.3, 0.4) is 0 Å². The predicted molar refractivity (Wildman–Crippen MR) is 82.4 cm³/mol. The lowest BCUT2D eigenvalue weighted by Gasteiger charge is -2.29. The summed E-state index contributed by atoms with van der Waals surface area (Å²) < 4.78 is 33.8. The van der Waals surface area contributed by atoms with Crippen LogP contribution in [0.1, 0.15) is 16.8 Å². The van der Waals surface area contributed by atoms with Gasteiger partial charge in [0.2, 0.25) is 0 Å². The van der Waals surface area contributed by atoms with E-state index in [1.54, 1.807) is 4.90 Å². The van der Waals surface area contributed by atoms with E-state index in [-0.39, 0.29) is 17.3 Å². The maximum Gasteiger partial charge on any atom is 0.254 e. The summed E-state index contributed by atoms with van der Waals surface area (Å²) in [5.74, 6) is -2.05. The minimum Gasteiger partial charge on any atom is -0.378 e. The van der Waals surface area contributed by atoms with Crippen molar-refractivity contribution in [2.45, 2.75) is 12.5 Å². The van der Waals surface area contributed by atoms with Gasteiger partial charge >= 0.3 is 0 Å². The van der Waals surface area contributed by atoms with Gasteiger partial charge in [-0.2, -0.15) is 5.26 Å². The number of nitriles is 1. The van der Waals surface area contributed by atoms with Gasteiger partial charge in [0.15, 0.2) is 6.19 Å². The zero-order valence-electron chi connectivity index (χ0n) is 13.1. The first-order chi connectivity index (χ1) is 11.6. The second-order valence-corrected chi connectivity index (χ2v) is 5.89. The van der Waals surface area contributed by atoms with Crippen molar-refractivity contribution >= 4 is 11.6 Å². The molecular formula is C16H18F2N4O2. The minimum absolute atomic E-state index is 0.142. The Morgan fingerprint density at radius 3 is 2.67 bits per heavy atom. The van der Waals surface area contributed by atoms with Gasteiger partial charge in [0.05, 0.1) is 24.5 Å². The lowest BCUT2D eigenvalue weighted by molar-refractivity contribution is 0.0934. The molecule has 0 aromatic heterocycles. The fraction of sp³-hybridized carbons (Fsp3) is 0.500. The monoisotopic (exact) mass is 336 g/mol. The number of rotatable bonds is 3. The average molecular weight is 336 g/mol. The van der Waals surface area contributed by atoms with E-state index in [4.69, 9.17) is 10.00 Å². The van der Waals surface area contributed by atoms with Crippen molar-refractivity contribution < 1.29 is 18.3 Å². The standard InChI is InChI=1S/C16H18F2N4O2/c17-13-8-15(22-3-5-24-6-4-22)14(18)7-12(13)16(23)20-11-1-2-21(9-11)10-19/h7-8,11H,1-6,9H2,(H,20,23). The molecule has 0 bridgehead atoms. The molecule has 8 heteroatoms. The zero-order valence-corrected chi connectivity index (χ0v) is 13.1. The molecule has 6 nitrogen and oxygen atoms in total. The average Bonchev–Trinajstić information content (AvgIpc) is 3.05. The summed E-state index contributed by atoms with van der Waals surface area (Å²) in [5.41, 5.74) is -0.177. The Hall–Kier alpha value is -2.40. The minimum atomic E-state index is -0.759. The van der Waals surface area contributed by atoms with Crippen LogP contribution in [0.15, 0.2) is 12.1 Å². The number of nitrogens with zero attached hydrogens (tertiary/aromatic N) is 3. The topological polar surface area (TPSA) is 68.6 Å². The number of hydrogen-bond acceptors (Lipinski definition) is 5. The second-order valence-electron chi connectivity index (χ2n) is 5.89. The number of amides is 1. The molecule has 1 amide bonds. The van der Waals surface area contributed by atoms with E-state index in [0.717, 1.165) is 12.1 Å². The van der Waals surface area contributed by atoms with E-state index in [0.29, 0.717) is 45.8 Å². The van der Waals surface area contributed by atoms with Gasteiger partial charge in [0.1, 0.15) is 11.6 Å². The van der Waals surface area contributed by atoms with Crippen LogP contribution >= 0.6 is 0 Å². The highest BCUT2D eigenvalue weighted by molar-refractivity contribution is 5.95. The van der Waals surface area contributed by atoms with E-state index in [2.05, 4.69) is 5.32 Å². The van der Waals surface area contributed by atoms with Crippen LogP contribution < -0.4 is 10.2 Å². The normalized spacial score (nSPS) is 20.8. The largest absolute Gasteiger partial charge is 0.378 e. The zero-order chi connectivity index (χ0) is 17.1. The molecule has 0 aliphatic carbocycles. The number of halogens is 2. The summed E-state index contributed by atoms with van der Waals surface area (Å²) in [6.07, 6.45) is 2.61.